The van der Waals surface area contributed by atoms with E-state index in [4.69, 9.17) is 9.47 Å². The van der Waals surface area contributed by atoms with Gasteiger partial charge in [-0.1, -0.05) is 0 Å². The van der Waals surface area contributed by atoms with Crippen LogP contribution in [0, 0.1) is 0 Å². The number of carbonyl (C=O) groups excluding carboxylic acids is 1. The van der Waals surface area contributed by atoms with Crippen molar-refractivity contribution in [2.45, 2.75) is 19.4 Å². The zero-order chi connectivity index (χ0) is 12.1. The number of amides is 1. The molecule has 2 aliphatic rings. The zero-order valence-electron chi connectivity index (χ0n) is 10.6. The summed E-state index contributed by atoms with van der Waals surface area (Å²) in [7, 11) is 0. The highest BCUT2D eigenvalue weighted by Crippen LogP contribution is 2.13. The van der Waals surface area contributed by atoms with Crippen LogP contribution in [0.15, 0.2) is 0 Å². The molecule has 1 atom stereocenters. The Kier molecular flexibility index (Phi) is 4.76. The third-order valence-corrected chi connectivity index (χ3v) is 3.43. The monoisotopic (exact) mass is 242 g/mol. The largest absolute Gasteiger partial charge is 0.379 e. The molecule has 5 heteroatoms. The van der Waals surface area contributed by atoms with Crippen LogP contribution in [0.25, 0.3) is 0 Å². The van der Waals surface area contributed by atoms with Gasteiger partial charge in [-0.15, -0.1) is 0 Å². The maximum atomic E-state index is 11.5. The summed E-state index contributed by atoms with van der Waals surface area (Å²) in [5, 5.41) is 0. The molecule has 0 bridgehead atoms. The lowest BCUT2D eigenvalue weighted by Gasteiger charge is -2.26. The van der Waals surface area contributed by atoms with Crippen molar-refractivity contribution in [1.82, 2.24) is 9.80 Å². The van der Waals surface area contributed by atoms with E-state index in [1.165, 1.54) is 0 Å². The Hall–Kier alpha value is -0.650. The predicted octanol–water partition coefficient (Wildman–Crippen LogP) is -0.0440. The molecule has 2 aliphatic heterocycles. The standard InChI is InChI=1S/C12H22N2O3/c1-2-14-10-11(9-12(14)15)17-8-5-13-3-6-16-7-4-13/h11H,2-10H2,1H3. The smallest absolute Gasteiger partial charge is 0.225 e. The SMILES string of the molecule is CCN1CC(OCCN2CCOCC2)CC1=O. The first-order valence-electron chi connectivity index (χ1n) is 6.49. The third-order valence-electron chi connectivity index (χ3n) is 3.43. The molecule has 5 nitrogen and oxygen atoms in total. The van der Waals surface area contributed by atoms with Gasteiger partial charge in [0.25, 0.3) is 0 Å². The molecule has 1 amide bonds. The molecular formula is C12H22N2O3. The van der Waals surface area contributed by atoms with Gasteiger partial charge in [0.2, 0.25) is 5.91 Å². The van der Waals surface area contributed by atoms with E-state index in [0.29, 0.717) is 6.42 Å². The number of morpholine rings is 1. The lowest BCUT2D eigenvalue weighted by atomic mass is 10.3. The van der Waals surface area contributed by atoms with E-state index >= 15 is 0 Å². The van der Waals surface area contributed by atoms with Gasteiger partial charge in [0.15, 0.2) is 0 Å². The second-order valence-corrected chi connectivity index (χ2v) is 4.58. The Bertz CT molecular complexity index is 254. The maximum Gasteiger partial charge on any atom is 0.225 e. The van der Waals surface area contributed by atoms with Gasteiger partial charge < -0.3 is 14.4 Å². The van der Waals surface area contributed by atoms with Crippen LogP contribution in [0.3, 0.4) is 0 Å². The highest BCUT2D eigenvalue weighted by Gasteiger charge is 2.28. The van der Waals surface area contributed by atoms with Gasteiger partial charge in [-0.05, 0) is 6.92 Å². The van der Waals surface area contributed by atoms with E-state index in [1.54, 1.807) is 0 Å². The Labute approximate surface area is 103 Å². The quantitative estimate of drug-likeness (QED) is 0.678. The highest BCUT2D eigenvalue weighted by molar-refractivity contribution is 5.78. The van der Waals surface area contributed by atoms with Crippen LogP contribution in [-0.2, 0) is 14.3 Å². The first kappa shape index (κ1) is 12.8. The van der Waals surface area contributed by atoms with Gasteiger partial charge in [-0.25, -0.2) is 0 Å². The van der Waals surface area contributed by atoms with Crippen molar-refractivity contribution in [2.75, 3.05) is 52.5 Å². The normalized spacial score (nSPS) is 26.8. The average molecular weight is 242 g/mol. The van der Waals surface area contributed by atoms with Crippen molar-refractivity contribution < 1.29 is 14.3 Å². The Balaban J connectivity index is 1.60. The van der Waals surface area contributed by atoms with Gasteiger partial charge >= 0.3 is 0 Å². The summed E-state index contributed by atoms with van der Waals surface area (Å²) in [5.74, 6) is 0.226. The summed E-state index contributed by atoms with van der Waals surface area (Å²) >= 11 is 0. The van der Waals surface area contributed by atoms with Gasteiger partial charge in [0, 0.05) is 32.7 Å². The van der Waals surface area contributed by atoms with Crippen LogP contribution in [0.2, 0.25) is 0 Å². The molecule has 2 fully saturated rings. The molecule has 0 spiro atoms. The number of ether oxygens (including phenoxy) is 2. The number of carbonyl (C=O) groups is 1. The Morgan fingerprint density at radius 2 is 2.18 bits per heavy atom. The van der Waals surface area contributed by atoms with Crippen molar-refractivity contribution >= 4 is 5.91 Å². The molecule has 0 aromatic heterocycles. The van der Waals surface area contributed by atoms with E-state index in [2.05, 4.69) is 4.90 Å². The minimum atomic E-state index is 0.100. The lowest BCUT2D eigenvalue weighted by molar-refractivity contribution is -0.127. The molecule has 2 heterocycles. The van der Waals surface area contributed by atoms with E-state index in [9.17, 15) is 4.79 Å². The molecule has 2 saturated heterocycles. The zero-order valence-corrected chi connectivity index (χ0v) is 10.6. The third kappa shape index (κ3) is 3.66. The second-order valence-electron chi connectivity index (χ2n) is 4.58. The molecule has 0 N–H and O–H groups in total. The van der Waals surface area contributed by atoms with Gasteiger partial charge in [0.05, 0.1) is 32.3 Å². The molecule has 0 aromatic carbocycles. The van der Waals surface area contributed by atoms with Crippen molar-refractivity contribution in [3.8, 4) is 0 Å². The van der Waals surface area contributed by atoms with Crippen LogP contribution in [0.5, 0.6) is 0 Å². The van der Waals surface area contributed by atoms with Crippen LogP contribution >= 0.6 is 0 Å². The number of likely N-dealkylation sites (tertiary alicyclic amines) is 1. The van der Waals surface area contributed by atoms with Crippen molar-refractivity contribution in [3.63, 3.8) is 0 Å². The molecule has 0 aromatic rings. The number of likely N-dealkylation sites (N-methyl/N-ethyl adjacent to an activating group) is 1. The number of hydrogen-bond acceptors (Lipinski definition) is 4. The van der Waals surface area contributed by atoms with Gasteiger partial charge in [-0.3, -0.25) is 9.69 Å². The first-order valence-corrected chi connectivity index (χ1v) is 6.49. The van der Waals surface area contributed by atoms with E-state index in [1.807, 2.05) is 11.8 Å². The van der Waals surface area contributed by atoms with Crippen molar-refractivity contribution in [1.29, 1.82) is 0 Å². The fourth-order valence-corrected chi connectivity index (χ4v) is 2.33. The summed E-state index contributed by atoms with van der Waals surface area (Å²) in [6.45, 7) is 8.86. The van der Waals surface area contributed by atoms with E-state index in [0.717, 1.165) is 52.5 Å². The summed E-state index contributed by atoms with van der Waals surface area (Å²) < 4.78 is 11.1. The first-order chi connectivity index (χ1) is 8.29. The summed E-state index contributed by atoms with van der Waals surface area (Å²) in [6, 6.07) is 0. The molecule has 1 unspecified atom stereocenters. The van der Waals surface area contributed by atoms with Crippen LogP contribution in [0.4, 0.5) is 0 Å². The second kappa shape index (κ2) is 6.33. The van der Waals surface area contributed by atoms with Crippen LogP contribution in [-0.4, -0.2) is 74.4 Å². The topological polar surface area (TPSA) is 42.0 Å². The minimum Gasteiger partial charge on any atom is -0.379 e. The number of nitrogens with zero attached hydrogens (tertiary/aromatic N) is 2. The van der Waals surface area contributed by atoms with Crippen molar-refractivity contribution in [2.24, 2.45) is 0 Å². The average Bonchev–Trinajstić information content (AvgIpc) is 2.71. The molecule has 2 rings (SSSR count). The van der Waals surface area contributed by atoms with Crippen LogP contribution in [0.1, 0.15) is 13.3 Å². The Morgan fingerprint density at radius 1 is 1.41 bits per heavy atom. The van der Waals surface area contributed by atoms with Gasteiger partial charge in [0.1, 0.15) is 0 Å². The summed E-state index contributed by atoms with van der Waals surface area (Å²) in [6.07, 6.45) is 0.653. The lowest BCUT2D eigenvalue weighted by Crippen LogP contribution is -2.38. The maximum absolute atomic E-state index is 11.5. The molecular weight excluding hydrogens is 220 g/mol. The molecule has 0 saturated carbocycles. The molecule has 98 valence electrons. The fourth-order valence-electron chi connectivity index (χ4n) is 2.33. The predicted molar refractivity (Wildman–Crippen MR) is 63.9 cm³/mol. The summed E-state index contributed by atoms with van der Waals surface area (Å²) in [5.41, 5.74) is 0. The number of hydrogen-bond donors (Lipinski definition) is 0. The number of rotatable bonds is 5. The summed E-state index contributed by atoms with van der Waals surface area (Å²) in [4.78, 5) is 15.7. The molecule has 17 heavy (non-hydrogen) atoms. The molecule has 0 aliphatic carbocycles. The minimum absolute atomic E-state index is 0.100. The van der Waals surface area contributed by atoms with E-state index in [-0.39, 0.29) is 12.0 Å². The van der Waals surface area contributed by atoms with Crippen molar-refractivity contribution in [3.05, 3.63) is 0 Å². The highest BCUT2D eigenvalue weighted by atomic mass is 16.5. The molecule has 0 radical (unpaired) electrons. The van der Waals surface area contributed by atoms with Crippen LogP contribution < -0.4 is 0 Å². The fraction of sp³-hybridized carbons (Fsp3) is 0.917. The van der Waals surface area contributed by atoms with E-state index < -0.39 is 0 Å². The van der Waals surface area contributed by atoms with Gasteiger partial charge in [-0.2, -0.15) is 0 Å². The Morgan fingerprint density at radius 3 is 2.82 bits per heavy atom.